The number of benzene rings is 1. The molecule has 0 radical (unpaired) electrons. The van der Waals surface area contributed by atoms with E-state index in [1.54, 1.807) is 42.5 Å². The minimum absolute atomic E-state index is 0.245. The molecule has 1 aromatic carbocycles. The molecule has 0 atom stereocenters. The van der Waals surface area contributed by atoms with Crippen LogP contribution < -0.4 is 4.72 Å². The molecule has 0 aliphatic heterocycles. The number of nitrogens with zero attached hydrogens (tertiary/aromatic N) is 1. The van der Waals surface area contributed by atoms with Gasteiger partial charge in [0, 0.05) is 11.4 Å². The van der Waals surface area contributed by atoms with Crippen LogP contribution in [-0.2, 0) is 10.0 Å². The zero-order chi connectivity index (χ0) is 14.8. The molecule has 0 aliphatic carbocycles. The van der Waals surface area contributed by atoms with Gasteiger partial charge in [-0.1, -0.05) is 32.0 Å². The maximum Gasteiger partial charge on any atom is 0.261 e. The van der Waals surface area contributed by atoms with Gasteiger partial charge in [0.15, 0.2) is 0 Å². The fourth-order valence-corrected chi connectivity index (χ4v) is 2.92. The number of aromatic nitrogens is 1. The van der Waals surface area contributed by atoms with Crippen molar-refractivity contribution in [3.05, 3.63) is 53.9 Å². The molecule has 2 aromatic rings. The summed E-state index contributed by atoms with van der Waals surface area (Å²) in [5.41, 5.74) is 2.21. The predicted molar refractivity (Wildman–Crippen MR) is 80.3 cm³/mol. The Hall–Kier alpha value is -1.88. The Balaban J connectivity index is 2.35. The molecule has 4 nitrogen and oxygen atoms in total. The van der Waals surface area contributed by atoms with Crippen molar-refractivity contribution in [2.24, 2.45) is 0 Å². The summed E-state index contributed by atoms with van der Waals surface area (Å²) >= 11 is 0. The number of aryl methyl sites for hydroxylation is 1. The van der Waals surface area contributed by atoms with Gasteiger partial charge in [0.05, 0.1) is 10.6 Å². The van der Waals surface area contributed by atoms with Gasteiger partial charge in [-0.15, -0.1) is 0 Å². The van der Waals surface area contributed by atoms with Gasteiger partial charge in [-0.25, -0.2) is 8.42 Å². The third-order valence-corrected chi connectivity index (χ3v) is 4.27. The largest absolute Gasteiger partial charge is 0.279 e. The fraction of sp³-hybridized carbons (Fsp3) is 0.267. The smallest absolute Gasteiger partial charge is 0.261 e. The minimum atomic E-state index is -3.55. The van der Waals surface area contributed by atoms with Crippen LogP contribution >= 0.6 is 0 Å². The Morgan fingerprint density at radius 2 is 1.75 bits per heavy atom. The van der Waals surface area contributed by atoms with Crippen molar-refractivity contribution in [2.45, 2.75) is 31.6 Å². The molecule has 0 saturated heterocycles. The molecule has 5 heteroatoms. The van der Waals surface area contributed by atoms with Crippen LogP contribution in [0.3, 0.4) is 0 Å². The van der Waals surface area contributed by atoms with Gasteiger partial charge in [0.1, 0.15) is 0 Å². The molecular weight excluding hydrogens is 272 g/mol. The molecule has 1 aromatic heterocycles. The Morgan fingerprint density at radius 1 is 1.10 bits per heavy atom. The second-order valence-electron chi connectivity index (χ2n) is 5.00. The molecule has 1 heterocycles. The van der Waals surface area contributed by atoms with E-state index in [0.717, 1.165) is 11.4 Å². The maximum atomic E-state index is 12.3. The van der Waals surface area contributed by atoms with Crippen molar-refractivity contribution < 1.29 is 8.42 Å². The molecule has 106 valence electrons. The summed E-state index contributed by atoms with van der Waals surface area (Å²) in [5, 5.41) is 0. The zero-order valence-electron chi connectivity index (χ0n) is 11.8. The second-order valence-corrected chi connectivity index (χ2v) is 6.68. The summed E-state index contributed by atoms with van der Waals surface area (Å²) in [7, 11) is -3.55. The monoisotopic (exact) mass is 290 g/mol. The minimum Gasteiger partial charge on any atom is -0.279 e. The van der Waals surface area contributed by atoms with Crippen molar-refractivity contribution in [1.29, 1.82) is 0 Å². The van der Waals surface area contributed by atoms with Crippen molar-refractivity contribution in [3.8, 4) is 0 Å². The maximum absolute atomic E-state index is 12.3. The van der Waals surface area contributed by atoms with Crippen LogP contribution in [0, 0.1) is 6.92 Å². The highest BCUT2D eigenvalue weighted by Crippen LogP contribution is 2.21. The van der Waals surface area contributed by atoms with Gasteiger partial charge >= 0.3 is 0 Å². The third kappa shape index (κ3) is 3.36. The molecule has 0 fully saturated rings. The van der Waals surface area contributed by atoms with Crippen LogP contribution in [0.25, 0.3) is 0 Å². The van der Waals surface area contributed by atoms with E-state index >= 15 is 0 Å². The van der Waals surface area contributed by atoms with E-state index in [4.69, 9.17) is 0 Å². The molecule has 0 bridgehead atoms. The lowest BCUT2D eigenvalue weighted by atomic mass is 10.1. The molecule has 0 amide bonds. The topological polar surface area (TPSA) is 59.1 Å². The predicted octanol–water partition coefficient (Wildman–Crippen LogP) is 3.31. The zero-order valence-corrected chi connectivity index (χ0v) is 12.6. The highest BCUT2D eigenvalue weighted by atomic mass is 32.2. The standard InChI is InChI=1S/C15H18N2O2S/c1-11(2)15-10-13(9-12(3)16-15)17-20(18,19)14-7-5-4-6-8-14/h4-11H,1-3H3,(H,16,17). The number of anilines is 1. The van der Waals surface area contributed by atoms with E-state index < -0.39 is 10.0 Å². The highest BCUT2D eigenvalue weighted by molar-refractivity contribution is 7.92. The lowest BCUT2D eigenvalue weighted by Gasteiger charge is -2.12. The second kappa shape index (κ2) is 5.63. The molecule has 0 unspecified atom stereocenters. The SMILES string of the molecule is Cc1cc(NS(=O)(=O)c2ccccc2)cc(C(C)C)n1. The molecule has 20 heavy (non-hydrogen) atoms. The molecule has 0 spiro atoms. The first-order valence-electron chi connectivity index (χ1n) is 6.45. The van der Waals surface area contributed by atoms with Crippen molar-refractivity contribution in [3.63, 3.8) is 0 Å². The number of pyridine rings is 1. The van der Waals surface area contributed by atoms with E-state index in [1.807, 2.05) is 20.8 Å². The van der Waals surface area contributed by atoms with Gasteiger partial charge in [0.25, 0.3) is 10.0 Å². The lowest BCUT2D eigenvalue weighted by Crippen LogP contribution is -2.13. The quantitative estimate of drug-likeness (QED) is 0.939. The summed E-state index contributed by atoms with van der Waals surface area (Å²) in [4.78, 5) is 4.65. The van der Waals surface area contributed by atoms with Gasteiger partial charge in [-0.2, -0.15) is 0 Å². The first kappa shape index (κ1) is 14.5. The molecule has 2 rings (SSSR count). The average molecular weight is 290 g/mol. The van der Waals surface area contributed by atoms with Gasteiger partial charge in [0.2, 0.25) is 0 Å². The number of nitrogens with one attached hydrogen (secondary N) is 1. The summed E-state index contributed by atoms with van der Waals surface area (Å²) in [6.45, 7) is 5.90. The van der Waals surface area contributed by atoms with E-state index in [9.17, 15) is 8.42 Å². The Morgan fingerprint density at radius 3 is 2.35 bits per heavy atom. The lowest BCUT2D eigenvalue weighted by molar-refractivity contribution is 0.601. The van der Waals surface area contributed by atoms with Crippen LogP contribution in [0.15, 0.2) is 47.4 Å². The van der Waals surface area contributed by atoms with E-state index in [1.165, 1.54) is 0 Å². The van der Waals surface area contributed by atoms with Gasteiger partial charge < -0.3 is 0 Å². The number of hydrogen-bond donors (Lipinski definition) is 1. The fourth-order valence-electron chi connectivity index (χ4n) is 1.86. The number of hydrogen-bond acceptors (Lipinski definition) is 3. The molecule has 0 saturated carbocycles. The Labute approximate surface area is 119 Å². The first-order chi connectivity index (χ1) is 9.38. The summed E-state index contributed by atoms with van der Waals surface area (Å²) in [6.07, 6.45) is 0. The number of sulfonamides is 1. The van der Waals surface area contributed by atoms with Crippen LogP contribution in [-0.4, -0.2) is 13.4 Å². The third-order valence-electron chi connectivity index (χ3n) is 2.87. The first-order valence-corrected chi connectivity index (χ1v) is 7.93. The van der Waals surface area contributed by atoms with Gasteiger partial charge in [-0.05, 0) is 37.1 Å². The van der Waals surface area contributed by atoms with E-state index in [2.05, 4.69) is 9.71 Å². The van der Waals surface area contributed by atoms with E-state index in [0.29, 0.717) is 5.69 Å². The summed E-state index contributed by atoms with van der Waals surface area (Å²) < 4.78 is 27.1. The summed E-state index contributed by atoms with van der Waals surface area (Å²) in [6, 6.07) is 11.8. The van der Waals surface area contributed by atoms with Crippen molar-refractivity contribution >= 4 is 15.7 Å². The van der Waals surface area contributed by atoms with Crippen LogP contribution in [0.2, 0.25) is 0 Å². The number of rotatable bonds is 4. The van der Waals surface area contributed by atoms with Crippen LogP contribution in [0.4, 0.5) is 5.69 Å². The summed E-state index contributed by atoms with van der Waals surface area (Å²) in [5.74, 6) is 0.245. The molecular formula is C15H18N2O2S. The van der Waals surface area contributed by atoms with Crippen LogP contribution in [0.1, 0.15) is 31.2 Å². The highest BCUT2D eigenvalue weighted by Gasteiger charge is 2.14. The van der Waals surface area contributed by atoms with Crippen molar-refractivity contribution in [1.82, 2.24) is 4.98 Å². The molecule has 1 N–H and O–H groups in total. The Kier molecular flexibility index (Phi) is 4.09. The van der Waals surface area contributed by atoms with Gasteiger partial charge in [-0.3, -0.25) is 9.71 Å². The molecule has 0 aliphatic rings. The normalized spacial score (nSPS) is 11.6. The van der Waals surface area contributed by atoms with Crippen molar-refractivity contribution in [2.75, 3.05) is 4.72 Å². The average Bonchev–Trinajstić information content (AvgIpc) is 2.38. The van der Waals surface area contributed by atoms with Crippen LogP contribution in [0.5, 0.6) is 0 Å². The van der Waals surface area contributed by atoms with E-state index in [-0.39, 0.29) is 10.8 Å². The Bertz CT molecular complexity index is 695.